The first-order valence-corrected chi connectivity index (χ1v) is 6.77. The maximum absolute atomic E-state index is 12.3. The van der Waals surface area contributed by atoms with Crippen LogP contribution in [0.25, 0.3) is 0 Å². The Hall–Kier alpha value is -1.76. The standard InChI is InChI=1S/C12H15N3O3S/c1-5(2)8-9(16)14-11(18)15(10(8)17)12-13-6(3)7(4)19-12/h5,8H,1-4H3,(H,14,16,18). The van der Waals surface area contributed by atoms with Gasteiger partial charge in [-0.3, -0.25) is 14.9 Å². The van der Waals surface area contributed by atoms with E-state index >= 15 is 0 Å². The zero-order chi connectivity index (χ0) is 14.3. The van der Waals surface area contributed by atoms with Crippen molar-refractivity contribution in [3.63, 3.8) is 0 Å². The minimum atomic E-state index is -0.845. The number of imide groups is 2. The van der Waals surface area contributed by atoms with Crippen molar-refractivity contribution in [3.05, 3.63) is 10.6 Å². The van der Waals surface area contributed by atoms with Crippen LogP contribution in [0.3, 0.4) is 0 Å². The SMILES string of the molecule is Cc1nc(N2C(=O)NC(=O)C(C(C)C)C2=O)sc1C. The maximum atomic E-state index is 12.3. The lowest BCUT2D eigenvalue weighted by molar-refractivity contribution is -0.136. The van der Waals surface area contributed by atoms with Gasteiger partial charge >= 0.3 is 6.03 Å². The third kappa shape index (κ3) is 2.25. The van der Waals surface area contributed by atoms with Gasteiger partial charge in [0.05, 0.1) is 5.69 Å². The number of amides is 4. The predicted octanol–water partition coefficient (Wildman–Crippen LogP) is 1.61. The number of carbonyl (C=O) groups is 3. The number of hydrogen-bond acceptors (Lipinski definition) is 5. The lowest BCUT2D eigenvalue weighted by atomic mass is 9.92. The second-order valence-electron chi connectivity index (χ2n) is 4.83. The van der Waals surface area contributed by atoms with Crippen LogP contribution in [0.2, 0.25) is 0 Å². The van der Waals surface area contributed by atoms with E-state index in [4.69, 9.17) is 0 Å². The molecule has 0 spiro atoms. The normalized spacial score (nSPS) is 20.2. The summed E-state index contributed by atoms with van der Waals surface area (Å²) in [6.45, 7) is 7.23. The summed E-state index contributed by atoms with van der Waals surface area (Å²) in [5, 5.41) is 2.53. The van der Waals surface area contributed by atoms with Crippen LogP contribution in [0, 0.1) is 25.7 Å². The zero-order valence-corrected chi connectivity index (χ0v) is 12.0. The number of aromatic nitrogens is 1. The number of hydrogen-bond donors (Lipinski definition) is 1. The summed E-state index contributed by atoms with van der Waals surface area (Å²) in [5.41, 5.74) is 0.776. The molecule has 102 valence electrons. The molecule has 1 aliphatic rings. The van der Waals surface area contributed by atoms with Gasteiger partial charge in [-0.2, -0.15) is 0 Å². The summed E-state index contributed by atoms with van der Waals surface area (Å²) in [7, 11) is 0. The van der Waals surface area contributed by atoms with Crippen LogP contribution in [0.4, 0.5) is 9.93 Å². The first kappa shape index (κ1) is 13.7. The fourth-order valence-electron chi connectivity index (χ4n) is 1.91. The van der Waals surface area contributed by atoms with E-state index in [0.29, 0.717) is 5.13 Å². The zero-order valence-electron chi connectivity index (χ0n) is 11.2. The first-order chi connectivity index (χ1) is 8.82. The highest BCUT2D eigenvalue weighted by Crippen LogP contribution is 2.29. The average Bonchev–Trinajstić information content (AvgIpc) is 2.57. The van der Waals surface area contributed by atoms with Crippen LogP contribution >= 0.6 is 11.3 Å². The molecule has 1 N–H and O–H groups in total. The number of barbiturate groups is 1. The Morgan fingerprint density at radius 1 is 1.26 bits per heavy atom. The van der Waals surface area contributed by atoms with Gasteiger partial charge < -0.3 is 0 Å². The molecule has 0 aliphatic carbocycles. The van der Waals surface area contributed by atoms with E-state index in [0.717, 1.165) is 15.5 Å². The van der Waals surface area contributed by atoms with Crippen molar-refractivity contribution in [3.8, 4) is 0 Å². The molecule has 2 rings (SSSR count). The Morgan fingerprint density at radius 2 is 1.89 bits per heavy atom. The summed E-state index contributed by atoms with van der Waals surface area (Å²) in [6.07, 6.45) is 0. The fourth-order valence-corrected chi connectivity index (χ4v) is 2.82. The molecule has 1 unspecified atom stereocenters. The lowest BCUT2D eigenvalue weighted by Crippen LogP contribution is -2.59. The quantitative estimate of drug-likeness (QED) is 0.835. The summed E-state index contributed by atoms with van der Waals surface area (Å²) in [4.78, 5) is 42.0. The van der Waals surface area contributed by atoms with E-state index < -0.39 is 23.8 Å². The van der Waals surface area contributed by atoms with E-state index in [-0.39, 0.29) is 5.92 Å². The summed E-state index contributed by atoms with van der Waals surface area (Å²) < 4.78 is 0. The summed E-state index contributed by atoms with van der Waals surface area (Å²) in [5.74, 6) is -2.06. The van der Waals surface area contributed by atoms with Crippen molar-refractivity contribution in [2.45, 2.75) is 27.7 Å². The van der Waals surface area contributed by atoms with Crippen molar-refractivity contribution >= 4 is 34.3 Å². The molecule has 1 atom stereocenters. The number of nitrogens with one attached hydrogen (secondary N) is 1. The number of urea groups is 1. The second kappa shape index (κ2) is 4.73. The van der Waals surface area contributed by atoms with E-state index in [1.54, 1.807) is 13.8 Å². The Kier molecular flexibility index (Phi) is 3.40. The number of carbonyl (C=O) groups excluding carboxylic acids is 3. The van der Waals surface area contributed by atoms with Gasteiger partial charge in [0.25, 0.3) is 0 Å². The molecule has 1 saturated heterocycles. The van der Waals surface area contributed by atoms with Crippen LogP contribution in [0.5, 0.6) is 0 Å². The van der Waals surface area contributed by atoms with Gasteiger partial charge in [0.1, 0.15) is 5.92 Å². The van der Waals surface area contributed by atoms with Gasteiger partial charge in [-0.25, -0.2) is 14.7 Å². The van der Waals surface area contributed by atoms with Crippen molar-refractivity contribution in [2.75, 3.05) is 4.90 Å². The second-order valence-corrected chi connectivity index (χ2v) is 6.01. The summed E-state index contributed by atoms with van der Waals surface area (Å²) >= 11 is 1.27. The van der Waals surface area contributed by atoms with Crippen LogP contribution in [-0.2, 0) is 9.59 Å². The van der Waals surface area contributed by atoms with Crippen molar-refractivity contribution in [2.24, 2.45) is 11.8 Å². The predicted molar refractivity (Wildman–Crippen MR) is 70.9 cm³/mol. The van der Waals surface area contributed by atoms with Gasteiger partial charge in [-0.05, 0) is 19.8 Å². The summed E-state index contributed by atoms with van der Waals surface area (Å²) in [6, 6.07) is -0.722. The molecule has 1 aromatic rings. The van der Waals surface area contributed by atoms with Crippen LogP contribution in [-0.4, -0.2) is 22.8 Å². The van der Waals surface area contributed by atoms with Gasteiger partial charge in [0.2, 0.25) is 16.9 Å². The molecule has 1 aliphatic heterocycles. The third-order valence-corrected chi connectivity index (χ3v) is 4.14. The highest BCUT2D eigenvalue weighted by molar-refractivity contribution is 7.16. The van der Waals surface area contributed by atoms with Crippen molar-refractivity contribution in [1.82, 2.24) is 10.3 Å². The Labute approximate surface area is 114 Å². The maximum Gasteiger partial charge on any atom is 0.337 e. The molecule has 19 heavy (non-hydrogen) atoms. The van der Waals surface area contributed by atoms with E-state index in [2.05, 4.69) is 10.3 Å². The lowest BCUT2D eigenvalue weighted by Gasteiger charge is -2.30. The Morgan fingerprint density at radius 3 is 2.37 bits per heavy atom. The molecule has 1 aromatic heterocycles. The smallest absolute Gasteiger partial charge is 0.277 e. The van der Waals surface area contributed by atoms with E-state index in [1.165, 1.54) is 11.3 Å². The first-order valence-electron chi connectivity index (χ1n) is 5.95. The minimum absolute atomic E-state index is 0.176. The van der Waals surface area contributed by atoms with Gasteiger partial charge in [0, 0.05) is 4.88 Å². The molecule has 0 radical (unpaired) electrons. The molecule has 0 aromatic carbocycles. The number of anilines is 1. The van der Waals surface area contributed by atoms with E-state index in [1.807, 2.05) is 13.8 Å². The molecule has 2 heterocycles. The van der Waals surface area contributed by atoms with Crippen LogP contribution < -0.4 is 10.2 Å². The highest BCUT2D eigenvalue weighted by atomic mass is 32.1. The molecule has 0 bridgehead atoms. The van der Waals surface area contributed by atoms with Gasteiger partial charge in [-0.1, -0.05) is 13.8 Å². The topological polar surface area (TPSA) is 79.4 Å². The van der Waals surface area contributed by atoms with Crippen molar-refractivity contribution < 1.29 is 14.4 Å². The number of thiazole rings is 1. The Bertz CT molecular complexity index is 545. The van der Waals surface area contributed by atoms with Gasteiger partial charge in [0.15, 0.2) is 0 Å². The molecular weight excluding hydrogens is 266 g/mol. The molecule has 7 heteroatoms. The Balaban J connectivity index is 2.41. The van der Waals surface area contributed by atoms with Crippen LogP contribution in [0.15, 0.2) is 0 Å². The van der Waals surface area contributed by atoms with Crippen molar-refractivity contribution in [1.29, 1.82) is 0 Å². The fraction of sp³-hybridized carbons (Fsp3) is 0.500. The third-order valence-electron chi connectivity index (χ3n) is 3.08. The van der Waals surface area contributed by atoms with Crippen LogP contribution in [0.1, 0.15) is 24.4 Å². The number of rotatable bonds is 2. The monoisotopic (exact) mass is 281 g/mol. The molecule has 4 amide bonds. The molecule has 6 nitrogen and oxygen atoms in total. The molecule has 0 saturated carbocycles. The molecule has 1 fully saturated rings. The highest BCUT2D eigenvalue weighted by Gasteiger charge is 2.43. The molecular formula is C12H15N3O3S. The minimum Gasteiger partial charge on any atom is -0.277 e. The number of aryl methyl sites for hydroxylation is 2. The van der Waals surface area contributed by atoms with E-state index in [9.17, 15) is 14.4 Å². The largest absolute Gasteiger partial charge is 0.337 e. The van der Waals surface area contributed by atoms with Gasteiger partial charge in [-0.15, -0.1) is 11.3 Å². The number of nitrogens with zero attached hydrogens (tertiary/aromatic N) is 2. The average molecular weight is 281 g/mol.